The summed E-state index contributed by atoms with van der Waals surface area (Å²) >= 11 is 3.29. The molecule has 11 heteroatoms. The summed E-state index contributed by atoms with van der Waals surface area (Å²) in [7, 11) is -6.91. The van der Waals surface area contributed by atoms with Gasteiger partial charge in [0.2, 0.25) is 20.0 Å². The molecular weight excluding hydrogens is 506 g/mol. The maximum absolute atomic E-state index is 12.9. The van der Waals surface area contributed by atoms with E-state index in [-0.39, 0.29) is 42.7 Å². The van der Waals surface area contributed by atoms with Crippen LogP contribution in [0.4, 0.5) is 5.69 Å². The average molecular weight is 528 g/mol. The summed E-state index contributed by atoms with van der Waals surface area (Å²) < 4.78 is 53.2. The number of rotatable bonds is 4. The van der Waals surface area contributed by atoms with Gasteiger partial charge in [0, 0.05) is 42.8 Å². The predicted molar refractivity (Wildman–Crippen MR) is 121 cm³/mol. The highest BCUT2D eigenvalue weighted by molar-refractivity contribution is 9.10. The Bertz CT molecular complexity index is 1190. The number of sulfonamides is 2. The molecule has 8 nitrogen and oxygen atoms in total. The average Bonchev–Trinajstić information content (AvgIpc) is 3.12. The highest BCUT2D eigenvalue weighted by Crippen LogP contribution is 2.27. The zero-order valence-corrected chi connectivity index (χ0v) is 19.9. The van der Waals surface area contributed by atoms with Crippen molar-refractivity contribution in [2.45, 2.75) is 11.3 Å². The predicted octanol–water partition coefficient (Wildman–Crippen LogP) is 2.14. The van der Waals surface area contributed by atoms with Gasteiger partial charge in [-0.3, -0.25) is 9.10 Å². The molecular formula is C20H22BrN3O5S2. The molecule has 0 aliphatic carbocycles. The lowest BCUT2D eigenvalue weighted by Crippen LogP contribution is -2.50. The van der Waals surface area contributed by atoms with E-state index in [1.165, 1.54) is 8.61 Å². The molecule has 166 valence electrons. The molecule has 4 rings (SSSR count). The Morgan fingerprint density at radius 2 is 1.55 bits per heavy atom. The zero-order valence-electron chi connectivity index (χ0n) is 16.6. The fraction of sp³-hybridized carbons (Fsp3) is 0.350. The lowest BCUT2D eigenvalue weighted by atomic mass is 10.1. The number of benzene rings is 2. The first kappa shape index (κ1) is 22.3. The molecule has 2 aromatic rings. The van der Waals surface area contributed by atoms with Crippen molar-refractivity contribution in [3.63, 3.8) is 0 Å². The van der Waals surface area contributed by atoms with E-state index in [2.05, 4.69) is 15.9 Å². The molecule has 0 radical (unpaired) electrons. The quantitative estimate of drug-likeness (QED) is 0.606. The SMILES string of the molecule is O=C(c1ccc(N2CCCS2(=O)=O)cc1)N1CCN(S(=O)(=O)c2ccccc2Br)CC1. The Hall–Kier alpha value is -1.95. The molecule has 2 heterocycles. The molecule has 0 N–H and O–H groups in total. The minimum absolute atomic E-state index is 0.139. The molecule has 31 heavy (non-hydrogen) atoms. The third kappa shape index (κ3) is 4.36. The van der Waals surface area contributed by atoms with Crippen LogP contribution in [0.2, 0.25) is 0 Å². The van der Waals surface area contributed by atoms with Gasteiger partial charge in [-0.05, 0) is 58.7 Å². The molecule has 2 aliphatic heterocycles. The van der Waals surface area contributed by atoms with Crippen molar-refractivity contribution in [3.8, 4) is 0 Å². The van der Waals surface area contributed by atoms with Gasteiger partial charge in [-0.15, -0.1) is 0 Å². The lowest BCUT2D eigenvalue weighted by Gasteiger charge is -2.34. The first-order valence-electron chi connectivity index (χ1n) is 9.84. The Labute approximate surface area is 190 Å². The largest absolute Gasteiger partial charge is 0.336 e. The number of amides is 1. The maximum Gasteiger partial charge on any atom is 0.253 e. The Morgan fingerprint density at radius 1 is 0.903 bits per heavy atom. The van der Waals surface area contributed by atoms with Crippen LogP contribution in [0.25, 0.3) is 0 Å². The lowest BCUT2D eigenvalue weighted by molar-refractivity contribution is 0.0698. The maximum atomic E-state index is 12.9. The van der Waals surface area contributed by atoms with E-state index in [9.17, 15) is 21.6 Å². The van der Waals surface area contributed by atoms with Crippen LogP contribution in [0, 0.1) is 0 Å². The van der Waals surface area contributed by atoms with Gasteiger partial charge in [0.15, 0.2) is 0 Å². The second kappa shape index (κ2) is 8.53. The van der Waals surface area contributed by atoms with Gasteiger partial charge in [0.25, 0.3) is 5.91 Å². The number of hydrogen-bond donors (Lipinski definition) is 0. The van der Waals surface area contributed by atoms with Crippen LogP contribution in [-0.2, 0) is 20.0 Å². The van der Waals surface area contributed by atoms with Gasteiger partial charge >= 0.3 is 0 Å². The van der Waals surface area contributed by atoms with Crippen LogP contribution in [0.3, 0.4) is 0 Å². The van der Waals surface area contributed by atoms with Crippen molar-refractivity contribution < 1.29 is 21.6 Å². The molecule has 0 saturated carbocycles. The summed E-state index contributed by atoms with van der Waals surface area (Å²) in [5, 5.41) is 0. The fourth-order valence-corrected chi connectivity index (χ4v) is 7.76. The van der Waals surface area contributed by atoms with Crippen molar-refractivity contribution in [1.29, 1.82) is 0 Å². The van der Waals surface area contributed by atoms with Gasteiger partial charge in [-0.1, -0.05) is 12.1 Å². The van der Waals surface area contributed by atoms with E-state index < -0.39 is 20.0 Å². The van der Waals surface area contributed by atoms with Crippen molar-refractivity contribution in [3.05, 3.63) is 58.6 Å². The van der Waals surface area contributed by atoms with Crippen molar-refractivity contribution in [2.75, 3.05) is 42.8 Å². The van der Waals surface area contributed by atoms with Crippen molar-refractivity contribution in [2.24, 2.45) is 0 Å². The number of carbonyl (C=O) groups excluding carboxylic acids is 1. The molecule has 2 fully saturated rings. The van der Waals surface area contributed by atoms with Gasteiger partial charge in [0.1, 0.15) is 0 Å². The second-order valence-corrected chi connectivity index (χ2v) is 12.2. The Balaban J connectivity index is 1.42. The second-order valence-electron chi connectivity index (χ2n) is 7.42. The molecule has 0 unspecified atom stereocenters. The van der Waals surface area contributed by atoms with E-state index in [0.29, 0.717) is 28.7 Å². The number of halogens is 1. The highest BCUT2D eigenvalue weighted by Gasteiger charge is 2.32. The number of hydrogen-bond acceptors (Lipinski definition) is 5. The van der Waals surface area contributed by atoms with Gasteiger partial charge in [-0.25, -0.2) is 16.8 Å². The standard InChI is InChI=1S/C20H22BrN3O5S2/c21-18-4-1-2-5-19(18)31(28,29)23-13-11-22(12-14-23)20(25)16-6-8-17(9-7-16)24-10-3-15-30(24,26)27/h1-2,4-9H,3,10-15H2. The first-order valence-corrected chi connectivity index (χ1v) is 13.7. The van der Waals surface area contributed by atoms with E-state index in [0.717, 1.165) is 0 Å². The molecule has 2 saturated heterocycles. The minimum Gasteiger partial charge on any atom is -0.336 e. The molecule has 2 aliphatic rings. The van der Waals surface area contributed by atoms with Gasteiger partial charge < -0.3 is 4.90 Å². The Kier molecular flexibility index (Phi) is 6.12. The van der Waals surface area contributed by atoms with Crippen molar-refractivity contribution in [1.82, 2.24) is 9.21 Å². The molecule has 0 spiro atoms. The first-order chi connectivity index (χ1) is 14.7. The van der Waals surface area contributed by atoms with Crippen LogP contribution in [-0.4, -0.2) is 70.4 Å². The summed E-state index contributed by atoms with van der Waals surface area (Å²) in [6.07, 6.45) is 0.593. The number of piperazine rings is 1. The third-order valence-corrected chi connectivity index (χ3v) is 10.3. The topological polar surface area (TPSA) is 95.1 Å². The number of anilines is 1. The summed E-state index contributed by atoms with van der Waals surface area (Å²) in [6, 6.07) is 13.2. The summed E-state index contributed by atoms with van der Waals surface area (Å²) in [5.74, 6) is -0.0609. The van der Waals surface area contributed by atoms with Gasteiger partial charge in [-0.2, -0.15) is 4.31 Å². The van der Waals surface area contributed by atoms with E-state index >= 15 is 0 Å². The van der Waals surface area contributed by atoms with Gasteiger partial charge in [0.05, 0.1) is 16.3 Å². The molecule has 1 amide bonds. The Morgan fingerprint density at radius 3 is 2.13 bits per heavy atom. The smallest absolute Gasteiger partial charge is 0.253 e. The van der Waals surface area contributed by atoms with Crippen LogP contribution in [0.1, 0.15) is 16.8 Å². The minimum atomic E-state index is -3.65. The normalized spacial score (nSPS) is 19.5. The van der Waals surface area contributed by atoms with E-state index in [1.807, 2.05) is 0 Å². The highest BCUT2D eigenvalue weighted by atomic mass is 79.9. The molecule has 0 aromatic heterocycles. The number of carbonyl (C=O) groups is 1. The fourth-order valence-electron chi connectivity index (χ4n) is 3.81. The van der Waals surface area contributed by atoms with Crippen LogP contribution >= 0.6 is 15.9 Å². The summed E-state index contributed by atoms with van der Waals surface area (Å²) in [5.41, 5.74) is 1.00. The summed E-state index contributed by atoms with van der Waals surface area (Å²) in [6.45, 7) is 1.43. The van der Waals surface area contributed by atoms with Crippen LogP contribution in [0.15, 0.2) is 57.9 Å². The molecule has 2 aromatic carbocycles. The number of nitrogens with zero attached hydrogens (tertiary/aromatic N) is 3. The molecule has 0 bridgehead atoms. The monoisotopic (exact) mass is 527 g/mol. The van der Waals surface area contributed by atoms with E-state index in [1.54, 1.807) is 53.4 Å². The van der Waals surface area contributed by atoms with E-state index in [4.69, 9.17) is 0 Å². The molecule has 0 atom stereocenters. The van der Waals surface area contributed by atoms with Crippen LogP contribution < -0.4 is 4.31 Å². The van der Waals surface area contributed by atoms with Crippen LogP contribution in [0.5, 0.6) is 0 Å². The zero-order chi connectivity index (χ0) is 22.2. The van der Waals surface area contributed by atoms with Crippen molar-refractivity contribution >= 4 is 47.6 Å². The summed E-state index contributed by atoms with van der Waals surface area (Å²) in [4.78, 5) is 14.7. The third-order valence-electron chi connectivity index (χ3n) is 5.48.